The fourth-order valence-corrected chi connectivity index (χ4v) is 2.36. The van der Waals surface area contributed by atoms with Gasteiger partial charge >= 0.3 is 0 Å². The molecule has 2 rings (SSSR count). The Labute approximate surface area is 104 Å². The Morgan fingerprint density at radius 3 is 2.76 bits per heavy atom. The quantitative estimate of drug-likeness (QED) is 0.669. The molecule has 0 saturated carbocycles. The van der Waals surface area contributed by atoms with Crippen LogP contribution in [0.2, 0.25) is 0 Å². The maximum absolute atomic E-state index is 5.94. The zero-order valence-corrected chi connectivity index (χ0v) is 10.9. The van der Waals surface area contributed by atoms with Crippen LogP contribution in [0, 0.1) is 5.92 Å². The SMILES string of the molecule is C[C@@H]1/C=C\C=C/Cc2ccc(N)cc2C1(C)C. The summed E-state index contributed by atoms with van der Waals surface area (Å²) in [6, 6.07) is 6.30. The number of rotatable bonds is 0. The van der Waals surface area contributed by atoms with Crippen molar-refractivity contribution in [2.24, 2.45) is 5.92 Å². The third-order valence-electron chi connectivity index (χ3n) is 3.95. The van der Waals surface area contributed by atoms with Gasteiger partial charge in [-0.1, -0.05) is 51.1 Å². The van der Waals surface area contributed by atoms with E-state index in [1.807, 2.05) is 6.07 Å². The largest absolute Gasteiger partial charge is 0.399 e. The van der Waals surface area contributed by atoms with Gasteiger partial charge in [-0.25, -0.2) is 0 Å². The summed E-state index contributed by atoms with van der Waals surface area (Å²) in [6.07, 6.45) is 9.75. The summed E-state index contributed by atoms with van der Waals surface area (Å²) in [4.78, 5) is 0. The van der Waals surface area contributed by atoms with Crippen molar-refractivity contribution >= 4 is 5.69 Å². The number of nitrogens with two attached hydrogens (primary N) is 1. The first-order valence-corrected chi connectivity index (χ1v) is 6.24. The van der Waals surface area contributed by atoms with Gasteiger partial charge in [-0.15, -0.1) is 0 Å². The summed E-state index contributed by atoms with van der Waals surface area (Å²) >= 11 is 0. The van der Waals surface area contributed by atoms with Crippen molar-refractivity contribution in [3.8, 4) is 0 Å². The molecule has 0 spiro atoms. The molecular formula is C16H21N. The van der Waals surface area contributed by atoms with E-state index in [9.17, 15) is 0 Å². The molecule has 0 unspecified atom stereocenters. The number of hydrogen-bond acceptors (Lipinski definition) is 1. The van der Waals surface area contributed by atoms with Gasteiger partial charge < -0.3 is 5.73 Å². The lowest BCUT2D eigenvalue weighted by atomic mass is 9.72. The molecule has 1 aliphatic carbocycles. The smallest absolute Gasteiger partial charge is 0.0317 e. The topological polar surface area (TPSA) is 26.0 Å². The minimum absolute atomic E-state index is 0.118. The van der Waals surface area contributed by atoms with Gasteiger partial charge in [0.1, 0.15) is 0 Å². The van der Waals surface area contributed by atoms with Gasteiger partial charge in [-0.05, 0) is 41.0 Å². The second-order valence-corrected chi connectivity index (χ2v) is 5.44. The minimum Gasteiger partial charge on any atom is -0.399 e. The monoisotopic (exact) mass is 227 g/mol. The zero-order valence-electron chi connectivity index (χ0n) is 10.9. The van der Waals surface area contributed by atoms with Gasteiger partial charge in [0.2, 0.25) is 0 Å². The van der Waals surface area contributed by atoms with Crippen LogP contribution in [0.4, 0.5) is 5.69 Å². The van der Waals surface area contributed by atoms with Crippen LogP contribution in [0.1, 0.15) is 31.9 Å². The lowest BCUT2D eigenvalue weighted by Crippen LogP contribution is -2.26. The van der Waals surface area contributed by atoms with Crippen LogP contribution in [-0.4, -0.2) is 0 Å². The molecule has 0 fully saturated rings. The van der Waals surface area contributed by atoms with Gasteiger partial charge in [0.05, 0.1) is 0 Å². The Morgan fingerprint density at radius 2 is 2.00 bits per heavy atom. The Bertz CT molecular complexity index is 466. The fraction of sp³-hybridized carbons (Fsp3) is 0.375. The highest BCUT2D eigenvalue weighted by Crippen LogP contribution is 2.36. The highest BCUT2D eigenvalue weighted by molar-refractivity contribution is 5.49. The van der Waals surface area contributed by atoms with Crippen molar-refractivity contribution in [1.29, 1.82) is 0 Å². The van der Waals surface area contributed by atoms with E-state index in [0.717, 1.165) is 12.1 Å². The fourth-order valence-electron chi connectivity index (χ4n) is 2.36. The number of anilines is 1. The van der Waals surface area contributed by atoms with Crippen LogP contribution >= 0.6 is 0 Å². The van der Waals surface area contributed by atoms with E-state index >= 15 is 0 Å². The van der Waals surface area contributed by atoms with Gasteiger partial charge in [0.15, 0.2) is 0 Å². The van der Waals surface area contributed by atoms with Crippen LogP contribution in [-0.2, 0) is 11.8 Å². The Balaban J connectivity index is 2.59. The standard InChI is InChI=1S/C16H21N/c1-12-7-5-4-6-8-13-9-10-14(17)11-15(13)16(12,2)3/h4-7,9-12H,8,17H2,1-3H3/b6-4-,7-5-/t12-/m1/s1. The van der Waals surface area contributed by atoms with Gasteiger partial charge in [-0.3, -0.25) is 0 Å². The normalized spacial score (nSPS) is 26.2. The summed E-state index contributed by atoms with van der Waals surface area (Å²) in [7, 11) is 0. The molecule has 90 valence electrons. The first-order chi connectivity index (χ1) is 8.01. The molecular weight excluding hydrogens is 206 g/mol. The molecule has 0 aromatic heterocycles. The van der Waals surface area contributed by atoms with E-state index in [-0.39, 0.29) is 5.41 Å². The van der Waals surface area contributed by atoms with E-state index < -0.39 is 0 Å². The molecule has 0 bridgehead atoms. The summed E-state index contributed by atoms with van der Waals surface area (Å²) in [5.74, 6) is 0.491. The molecule has 2 N–H and O–H groups in total. The second-order valence-electron chi connectivity index (χ2n) is 5.44. The molecule has 1 aromatic carbocycles. The lowest BCUT2D eigenvalue weighted by Gasteiger charge is -2.32. The molecule has 1 atom stereocenters. The van der Waals surface area contributed by atoms with Crippen LogP contribution < -0.4 is 5.73 Å². The predicted octanol–water partition coefficient (Wildman–Crippen LogP) is 3.85. The minimum atomic E-state index is 0.118. The first-order valence-electron chi connectivity index (χ1n) is 6.24. The highest BCUT2D eigenvalue weighted by atomic mass is 14.5. The molecule has 1 nitrogen and oxygen atoms in total. The van der Waals surface area contributed by atoms with Crippen LogP contribution in [0.5, 0.6) is 0 Å². The maximum atomic E-state index is 5.94. The summed E-state index contributed by atoms with van der Waals surface area (Å²) < 4.78 is 0. The van der Waals surface area contributed by atoms with Gasteiger partial charge in [0.25, 0.3) is 0 Å². The van der Waals surface area contributed by atoms with Gasteiger partial charge in [0, 0.05) is 5.69 Å². The number of allylic oxidation sites excluding steroid dienone is 4. The summed E-state index contributed by atoms with van der Waals surface area (Å²) in [6.45, 7) is 6.86. The number of hydrogen-bond donors (Lipinski definition) is 1. The number of benzene rings is 1. The van der Waals surface area contributed by atoms with E-state index in [4.69, 9.17) is 5.73 Å². The van der Waals surface area contributed by atoms with Crippen molar-refractivity contribution in [2.75, 3.05) is 5.73 Å². The van der Waals surface area contributed by atoms with E-state index in [0.29, 0.717) is 5.92 Å². The van der Waals surface area contributed by atoms with Crippen molar-refractivity contribution in [3.63, 3.8) is 0 Å². The molecule has 0 heterocycles. The van der Waals surface area contributed by atoms with Crippen molar-refractivity contribution in [2.45, 2.75) is 32.6 Å². The third-order valence-corrected chi connectivity index (χ3v) is 3.95. The average Bonchev–Trinajstić information content (AvgIpc) is 2.33. The van der Waals surface area contributed by atoms with E-state index in [1.54, 1.807) is 0 Å². The van der Waals surface area contributed by atoms with Crippen LogP contribution in [0.15, 0.2) is 42.5 Å². The average molecular weight is 227 g/mol. The molecule has 0 saturated heterocycles. The maximum Gasteiger partial charge on any atom is 0.0317 e. The molecule has 0 radical (unpaired) electrons. The Morgan fingerprint density at radius 1 is 1.24 bits per heavy atom. The molecule has 1 heteroatoms. The second kappa shape index (κ2) is 4.40. The van der Waals surface area contributed by atoms with E-state index in [2.05, 4.69) is 57.2 Å². The predicted molar refractivity (Wildman–Crippen MR) is 75.0 cm³/mol. The van der Waals surface area contributed by atoms with Crippen LogP contribution in [0.25, 0.3) is 0 Å². The van der Waals surface area contributed by atoms with E-state index in [1.165, 1.54) is 11.1 Å². The van der Waals surface area contributed by atoms with Gasteiger partial charge in [-0.2, -0.15) is 0 Å². The lowest BCUT2D eigenvalue weighted by molar-refractivity contribution is 0.407. The summed E-state index contributed by atoms with van der Waals surface area (Å²) in [5.41, 5.74) is 9.68. The van der Waals surface area contributed by atoms with Crippen molar-refractivity contribution in [3.05, 3.63) is 53.6 Å². The molecule has 1 aromatic rings. The molecule has 17 heavy (non-hydrogen) atoms. The van der Waals surface area contributed by atoms with Crippen LogP contribution in [0.3, 0.4) is 0 Å². The zero-order chi connectivity index (χ0) is 12.5. The molecule has 0 amide bonds. The highest BCUT2D eigenvalue weighted by Gasteiger charge is 2.28. The molecule has 1 aliphatic rings. The number of nitrogen functional groups attached to an aromatic ring is 1. The molecule has 0 aliphatic heterocycles. The van der Waals surface area contributed by atoms with Crippen molar-refractivity contribution in [1.82, 2.24) is 0 Å². The Kier molecular flexibility index (Phi) is 3.10. The first kappa shape index (κ1) is 12.0. The summed E-state index contributed by atoms with van der Waals surface area (Å²) in [5, 5.41) is 0. The number of fused-ring (bicyclic) bond motifs is 1. The Hall–Kier alpha value is -1.50. The third kappa shape index (κ3) is 2.28. The van der Waals surface area contributed by atoms with Crippen molar-refractivity contribution < 1.29 is 0 Å².